The number of anilines is 1. The number of hydrogen-bond donors (Lipinski definition) is 2. The van der Waals surface area contributed by atoms with Gasteiger partial charge in [-0.1, -0.05) is 30.3 Å². The number of aromatic amines is 1. The number of piperidine rings is 1. The molecule has 1 fully saturated rings. The van der Waals surface area contributed by atoms with Crippen LogP contribution >= 0.6 is 0 Å². The van der Waals surface area contributed by atoms with Crippen LogP contribution in [0.5, 0.6) is 0 Å². The van der Waals surface area contributed by atoms with Crippen LogP contribution in [0.3, 0.4) is 0 Å². The number of hydrogen-bond acceptors (Lipinski definition) is 5. The van der Waals surface area contributed by atoms with Gasteiger partial charge in [-0.15, -0.1) is 0 Å². The molecule has 0 amide bonds. The summed E-state index contributed by atoms with van der Waals surface area (Å²) < 4.78 is 0. The lowest BCUT2D eigenvalue weighted by molar-refractivity contribution is 0.0963. The second kappa shape index (κ2) is 6.80. The predicted molar refractivity (Wildman–Crippen MR) is 97.4 cm³/mol. The Kier molecular flexibility index (Phi) is 4.36. The standard InChI is InChI=1S/C19H23N5O/c25-12-19(9-7-15-5-2-1-3-6-15)8-4-10-24(11-19)18-16-17(21-13-20-16)22-14-23-18/h1-3,5-6,13-14,25H,4,7-12H2,(H,20,21,22,23). The molecule has 3 heterocycles. The van der Waals surface area contributed by atoms with Crippen molar-refractivity contribution in [3.63, 3.8) is 0 Å². The van der Waals surface area contributed by atoms with Crippen LogP contribution < -0.4 is 4.90 Å². The molecule has 1 aromatic carbocycles. The van der Waals surface area contributed by atoms with E-state index in [4.69, 9.17) is 0 Å². The molecule has 6 heteroatoms. The van der Waals surface area contributed by atoms with Crippen molar-refractivity contribution in [2.24, 2.45) is 5.41 Å². The van der Waals surface area contributed by atoms with E-state index in [0.29, 0.717) is 5.65 Å². The molecule has 0 radical (unpaired) electrons. The number of imidazole rings is 1. The zero-order valence-corrected chi connectivity index (χ0v) is 14.2. The maximum Gasteiger partial charge on any atom is 0.182 e. The summed E-state index contributed by atoms with van der Waals surface area (Å²) in [5.74, 6) is 0.889. The van der Waals surface area contributed by atoms with Gasteiger partial charge in [0.25, 0.3) is 0 Å². The molecule has 1 aliphatic rings. The number of aromatic nitrogens is 4. The van der Waals surface area contributed by atoms with Crippen LogP contribution in [-0.2, 0) is 6.42 Å². The molecule has 4 rings (SSSR count). The molecule has 25 heavy (non-hydrogen) atoms. The topological polar surface area (TPSA) is 77.9 Å². The number of nitrogens with zero attached hydrogens (tertiary/aromatic N) is 4. The fourth-order valence-corrected chi connectivity index (χ4v) is 3.85. The molecule has 0 saturated carbocycles. The molecule has 0 aliphatic carbocycles. The zero-order chi connectivity index (χ0) is 17.1. The summed E-state index contributed by atoms with van der Waals surface area (Å²) in [6, 6.07) is 10.5. The summed E-state index contributed by atoms with van der Waals surface area (Å²) in [5.41, 5.74) is 2.80. The van der Waals surface area contributed by atoms with Gasteiger partial charge in [-0.25, -0.2) is 15.0 Å². The maximum atomic E-state index is 10.2. The number of fused-ring (bicyclic) bond motifs is 1. The van der Waals surface area contributed by atoms with Crippen LogP contribution in [0.1, 0.15) is 24.8 Å². The molecule has 3 aromatic rings. The highest BCUT2D eigenvalue weighted by Gasteiger charge is 2.35. The van der Waals surface area contributed by atoms with Crippen LogP contribution in [0.15, 0.2) is 43.0 Å². The summed E-state index contributed by atoms with van der Waals surface area (Å²) in [7, 11) is 0. The molecule has 0 bridgehead atoms. The summed E-state index contributed by atoms with van der Waals surface area (Å²) in [6.45, 7) is 1.95. The monoisotopic (exact) mass is 337 g/mol. The van der Waals surface area contributed by atoms with Gasteiger partial charge >= 0.3 is 0 Å². The lowest BCUT2D eigenvalue weighted by Crippen LogP contribution is -2.46. The van der Waals surface area contributed by atoms with Crippen LogP contribution in [0, 0.1) is 5.41 Å². The number of rotatable bonds is 5. The van der Waals surface area contributed by atoms with Gasteiger partial charge < -0.3 is 15.0 Å². The number of benzene rings is 1. The first kappa shape index (κ1) is 16.0. The molecule has 1 saturated heterocycles. The molecule has 1 atom stereocenters. The van der Waals surface area contributed by atoms with E-state index in [0.717, 1.165) is 50.1 Å². The van der Waals surface area contributed by atoms with Gasteiger partial charge in [0.2, 0.25) is 0 Å². The van der Waals surface area contributed by atoms with E-state index in [9.17, 15) is 5.11 Å². The molecule has 1 unspecified atom stereocenters. The highest BCUT2D eigenvalue weighted by atomic mass is 16.3. The number of aryl methyl sites for hydroxylation is 1. The van der Waals surface area contributed by atoms with Crippen molar-refractivity contribution in [3.8, 4) is 0 Å². The Balaban J connectivity index is 1.55. The minimum Gasteiger partial charge on any atom is -0.396 e. The lowest BCUT2D eigenvalue weighted by Gasteiger charge is -2.42. The Hall–Kier alpha value is -2.47. The van der Waals surface area contributed by atoms with E-state index in [-0.39, 0.29) is 12.0 Å². The summed E-state index contributed by atoms with van der Waals surface area (Å²) in [6.07, 6.45) is 7.28. The molecule has 130 valence electrons. The first-order valence-corrected chi connectivity index (χ1v) is 8.83. The molecule has 2 N–H and O–H groups in total. The molecule has 6 nitrogen and oxygen atoms in total. The van der Waals surface area contributed by atoms with E-state index in [1.54, 1.807) is 12.7 Å². The fraction of sp³-hybridized carbons (Fsp3) is 0.421. The first-order valence-electron chi connectivity index (χ1n) is 8.83. The van der Waals surface area contributed by atoms with Gasteiger partial charge in [0.1, 0.15) is 11.8 Å². The van der Waals surface area contributed by atoms with E-state index in [1.807, 2.05) is 6.07 Å². The number of nitrogens with one attached hydrogen (secondary N) is 1. The molecule has 1 aliphatic heterocycles. The Bertz CT molecular complexity index is 834. The smallest absolute Gasteiger partial charge is 0.182 e. The van der Waals surface area contributed by atoms with Crippen molar-refractivity contribution in [2.75, 3.05) is 24.6 Å². The number of aliphatic hydroxyl groups excluding tert-OH is 1. The fourth-order valence-electron chi connectivity index (χ4n) is 3.85. The molecule has 2 aromatic heterocycles. The average molecular weight is 337 g/mol. The molecular weight excluding hydrogens is 314 g/mol. The third-order valence-electron chi connectivity index (χ3n) is 5.29. The lowest BCUT2D eigenvalue weighted by atomic mass is 9.76. The zero-order valence-electron chi connectivity index (χ0n) is 14.2. The van der Waals surface area contributed by atoms with Crippen LogP contribution in [0.4, 0.5) is 5.82 Å². The average Bonchev–Trinajstić information content (AvgIpc) is 3.16. The molecular formula is C19H23N5O. The Morgan fingerprint density at radius 3 is 2.88 bits per heavy atom. The largest absolute Gasteiger partial charge is 0.396 e. The maximum absolute atomic E-state index is 10.2. The van der Waals surface area contributed by atoms with Crippen LogP contribution in [0.25, 0.3) is 11.2 Å². The van der Waals surface area contributed by atoms with E-state index in [1.165, 1.54) is 5.56 Å². The Labute approximate surface area is 147 Å². The highest BCUT2D eigenvalue weighted by molar-refractivity contribution is 5.82. The van der Waals surface area contributed by atoms with Gasteiger partial charge in [-0.05, 0) is 31.2 Å². The first-order chi connectivity index (χ1) is 12.3. The minimum absolute atomic E-state index is 0.0919. The second-order valence-corrected chi connectivity index (χ2v) is 6.97. The van der Waals surface area contributed by atoms with Crippen molar-refractivity contribution >= 4 is 17.0 Å². The molecule has 0 spiro atoms. The summed E-state index contributed by atoms with van der Waals surface area (Å²) in [5, 5.41) is 10.2. The normalized spacial score (nSPS) is 20.9. The highest BCUT2D eigenvalue weighted by Crippen LogP contribution is 2.36. The summed E-state index contributed by atoms with van der Waals surface area (Å²) in [4.78, 5) is 18.3. The van der Waals surface area contributed by atoms with Crippen molar-refractivity contribution in [2.45, 2.75) is 25.7 Å². The van der Waals surface area contributed by atoms with Gasteiger partial charge in [-0.2, -0.15) is 0 Å². The minimum atomic E-state index is -0.0919. The SMILES string of the molecule is OCC1(CCc2ccccc2)CCCN(c2ncnc3nc[nH]c23)C1. The number of aliphatic hydroxyl groups is 1. The Morgan fingerprint density at radius 1 is 1.16 bits per heavy atom. The van der Waals surface area contributed by atoms with Gasteiger partial charge in [0.15, 0.2) is 11.5 Å². The van der Waals surface area contributed by atoms with Crippen LogP contribution in [0.2, 0.25) is 0 Å². The van der Waals surface area contributed by atoms with Gasteiger partial charge in [-0.3, -0.25) is 0 Å². The number of H-pyrrole nitrogens is 1. The van der Waals surface area contributed by atoms with Crippen molar-refractivity contribution in [1.82, 2.24) is 19.9 Å². The van der Waals surface area contributed by atoms with Gasteiger partial charge in [0.05, 0.1) is 12.9 Å². The quantitative estimate of drug-likeness (QED) is 0.748. The van der Waals surface area contributed by atoms with Crippen molar-refractivity contribution < 1.29 is 5.11 Å². The van der Waals surface area contributed by atoms with Gasteiger partial charge in [0, 0.05) is 18.5 Å². The second-order valence-electron chi connectivity index (χ2n) is 6.97. The Morgan fingerprint density at radius 2 is 2.04 bits per heavy atom. The van der Waals surface area contributed by atoms with E-state index >= 15 is 0 Å². The predicted octanol–water partition coefficient (Wildman–Crippen LogP) is 2.56. The van der Waals surface area contributed by atoms with Crippen molar-refractivity contribution in [1.29, 1.82) is 0 Å². The van der Waals surface area contributed by atoms with E-state index in [2.05, 4.69) is 49.1 Å². The van der Waals surface area contributed by atoms with Crippen LogP contribution in [-0.4, -0.2) is 44.7 Å². The third kappa shape index (κ3) is 3.22. The third-order valence-corrected chi connectivity index (χ3v) is 5.29. The summed E-state index contributed by atoms with van der Waals surface area (Å²) >= 11 is 0. The van der Waals surface area contributed by atoms with E-state index < -0.39 is 0 Å². The van der Waals surface area contributed by atoms with Crippen molar-refractivity contribution in [3.05, 3.63) is 48.5 Å².